The van der Waals surface area contributed by atoms with Gasteiger partial charge in [0.1, 0.15) is 11.9 Å². The molecule has 1 aromatic rings. The molecule has 1 aliphatic carbocycles. The van der Waals surface area contributed by atoms with Crippen LogP contribution in [0.15, 0.2) is 18.2 Å². The molecule has 6 heteroatoms. The Morgan fingerprint density at radius 2 is 1.86 bits per heavy atom. The summed E-state index contributed by atoms with van der Waals surface area (Å²) in [5, 5.41) is 18.9. The van der Waals surface area contributed by atoms with Gasteiger partial charge >= 0.3 is 6.18 Å². The average Bonchev–Trinajstić information content (AvgIpc) is 2.63. The highest BCUT2D eigenvalue weighted by Crippen LogP contribution is 2.38. The zero-order valence-electron chi connectivity index (χ0n) is 11.6. The molecule has 21 heavy (non-hydrogen) atoms. The van der Waals surface area contributed by atoms with Gasteiger partial charge in [0.2, 0.25) is 0 Å². The number of halogens is 3. The van der Waals surface area contributed by atoms with Gasteiger partial charge < -0.3 is 14.9 Å². The Morgan fingerprint density at radius 1 is 1.14 bits per heavy atom. The molecule has 2 atom stereocenters. The van der Waals surface area contributed by atoms with E-state index in [2.05, 4.69) is 0 Å². The van der Waals surface area contributed by atoms with Crippen molar-refractivity contribution in [3.63, 3.8) is 0 Å². The van der Waals surface area contributed by atoms with Crippen LogP contribution in [0.2, 0.25) is 0 Å². The fraction of sp³-hybridized carbons (Fsp3) is 0.600. The molecule has 1 fully saturated rings. The van der Waals surface area contributed by atoms with E-state index in [9.17, 15) is 18.3 Å². The normalized spacial score (nSPS) is 23.7. The fourth-order valence-electron chi connectivity index (χ4n) is 2.55. The van der Waals surface area contributed by atoms with E-state index in [0.29, 0.717) is 12.8 Å². The maximum atomic E-state index is 13.1. The first kappa shape index (κ1) is 16.1. The van der Waals surface area contributed by atoms with Crippen molar-refractivity contribution in [2.45, 2.75) is 57.1 Å². The first-order valence-corrected chi connectivity index (χ1v) is 7.07. The Balaban J connectivity index is 2.26. The van der Waals surface area contributed by atoms with Gasteiger partial charge in [-0.25, -0.2) is 0 Å². The molecule has 0 radical (unpaired) electrons. The van der Waals surface area contributed by atoms with Crippen LogP contribution in [0.5, 0.6) is 5.75 Å². The van der Waals surface area contributed by atoms with Crippen molar-refractivity contribution in [2.24, 2.45) is 0 Å². The van der Waals surface area contributed by atoms with E-state index in [1.54, 1.807) is 0 Å². The standard InChI is InChI=1S/C15H19F3O3/c16-15(17,18)11-8-10(9-19)6-7-13(11)21-14-5-3-1-2-4-12(14)20/h6-8,12,14,19-20H,1-5,9H2. The third kappa shape index (κ3) is 4.11. The Morgan fingerprint density at radius 3 is 2.52 bits per heavy atom. The number of rotatable bonds is 3. The van der Waals surface area contributed by atoms with Crippen LogP contribution in [0.4, 0.5) is 13.2 Å². The molecule has 0 spiro atoms. The molecule has 1 saturated carbocycles. The molecule has 2 unspecified atom stereocenters. The average molecular weight is 304 g/mol. The molecule has 0 aliphatic heterocycles. The van der Waals surface area contributed by atoms with Crippen molar-refractivity contribution in [2.75, 3.05) is 0 Å². The van der Waals surface area contributed by atoms with Crippen molar-refractivity contribution < 1.29 is 28.1 Å². The largest absolute Gasteiger partial charge is 0.487 e. The second kappa shape index (κ2) is 6.66. The zero-order valence-corrected chi connectivity index (χ0v) is 11.6. The van der Waals surface area contributed by atoms with Crippen LogP contribution < -0.4 is 4.74 Å². The summed E-state index contributed by atoms with van der Waals surface area (Å²) in [6, 6.07) is 3.50. The van der Waals surface area contributed by atoms with Gasteiger partial charge in [0.15, 0.2) is 0 Å². The number of hydrogen-bond donors (Lipinski definition) is 2. The first-order chi connectivity index (χ1) is 9.91. The van der Waals surface area contributed by atoms with Crippen LogP contribution in [0.3, 0.4) is 0 Å². The van der Waals surface area contributed by atoms with E-state index in [-0.39, 0.29) is 11.3 Å². The molecular weight excluding hydrogens is 285 g/mol. The molecule has 1 aliphatic rings. The van der Waals surface area contributed by atoms with Crippen LogP contribution in [0.25, 0.3) is 0 Å². The third-order valence-corrected chi connectivity index (χ3v) is 3.73. The van der Waals surface area contributed by atoms with Crippen molar-refractivity contribution in [3.8, 4) is 5.75 Å². The van der Waals surface area contributed by atoms with Gasteiger partial charge in [0, 0.05) is 0 Å². The summed E-state index contributed by atoms with van der Waals surface area (Å²) in [5.41, 5.74) is -0.735. The lowest BCUT2D eigenvalue weighted by Gasteiger charge is -2.24. The summed E-state index contributed by atoms with van der Waals surface area (Å²) in [7, 11) is 0. The van der Waals surface area contributed by atoms with Gasteiger partial charge in [-0.3, -0.25) is 0 Å². The molecule has 0 saturated heterocycles. The lowest BCUT2D eigenvalue weighted by atomic mass is 10.1. The number of aliphatic hydroxyl groups excluding tert-OH is 2. The SMILES string of the molecule is OCc1ccc(OC2CCCCCC2O)c(C(F)(F)F)c1. The van der Waals surface area contributed by atoms with Gasteiger partial charge in [-0.15, -0.1) is 0 Å². The Labute approximate surface area is 121 Å². The zero-order chi connectivity index (χ0) is 15.5. The molecule has 118 valence electrons. The molecule has 0 bridgehead atoms. The monoisotopic (exact) mass is 304 g/mol. The molecule has 0 amide bonds. The number of alkyl halides is 3. The maximum Gasteiger partial charge on any atom is 0.419 e. The molecule has 2 rings (SSSR count). The van der Waals surface area contributed by atoms with Crippen molar-refractivity contribution in [1.82, 2.24) is 0 Å². The molecule has 0 heterocycles. The third-order valence-electron chi connectivity index (χ3n) is 3.73. The summed E-state index contributed by atoms with van der Waals surface area (Å²) in [4.78, 5) is 0. The predicted molar refractivity (Wildman–Crippen MR) is 70.9 cm³/mol. The summed E-state index contributed by atoms with van der Waals surface area (Å²) in [5.74, 6) is -0.286. The van der Waals surface area contributed by atoms with Gasteiger partial charge in [-0.05, 0) is 37.0 Å². The minimum absolute atomic E-state index is 0.177. The summed E-state index contributed by atoms with van der Waals surface area (Å²) in [6.45, 7) is -0.463. The van der Waals surface area contributed by atoms with Crippen LogP contribution in [-0.2, 0) is 12.8 Å². The van der Waals surface area contributed by atoms with Crippen LogP contribution in [-0.4, -0.2) is 22.4 Å². The smallest absolute Gasteiger partial charge is 0.419 e. The number of aliphatic hydroxyl groups is 2. The van der Waals surface area contributed by atoms with Gasteiger partial charge in [0.25, 0.3) is 0 Å². The quantitative estimate of drug-likeness (QED) is 0.843. The van der Waals surface area contributed by atoms with Crippen LogP contribution in [0.1, 0.15) is 43.2 Å². The minimum Gasteiger partial charge on any atom is -0.487 e. The van der Waals surface area contributed by atoms with Gasteiger partial charge in [-0.2, -0.15) is 13.2 Å². The highest BCUT2D eigenvalue weighted by Gasteiger charge is 2.36. The van der Waals surface area contributed by atoms with E-state index in [0.717, 1.165) is 25.3 Å². The van der Waals surface area contributed by atoms with E-state index in [1.165, 1.54) is 12.1 Å². The van der Waals surface area contributed by atoms with E-state index in [4.69, 9.17) is 9.84 Å². The molecule has 0 aromatic heterocycles. The van der Waals surface area contributed by atoms with Crippen LogP contribution >= 0.6 is 0 Å². The Kier molecular flexibility index (Phi) is 5.11. The topological polar surface area (TPSA) is 49.7 Å². The Bertz CT molecular complexity index is 474. The second-order valence-electron chi connectivity index (χ2n) is 5.35. The molecular formula is C15H19F3O3. The molecule has 2 N–H and O–H groups in total. The van der Waals surface area contributed by atoms with E-state index in [1.807, 2.05) is 0 Å². The minimum atomic E-state index is -4.56. The maximum absolute atomic E-state index is 13.1. The highest BCUT2D eigenvalue weighted by molar-refractivity contribution is 5.39. The number of ether oxygens (including phenoxy) is 1. The van der Waals surface area contributed by atoms with E-state index >= 15 is 0 Å². The summed E-state index contributed by atoms with van der Waals surface area (Å²) in [6.07, 6.45) is -2.20. The predicted octanol–water partition coefficient (Wildman–Crippen LogP) is 3.27. The first-order valence-electron chi connectivity index (χ1n) is 7.07. The van der Waals surface area contributed by atoms with Crippen LogP contribution in [0, 0.1) is 0 Å². The molecule has 3 nitrogen and oxygen atoms in total. The van der Waals surface area contributed by atoms with Gasteiger partial charge in [-0.1, -0.05) is 18.9 Å². The lowest BCUT2D eigenvalue weighted by Crippen LogP contribution is -2.31. The molecule has 1 aromatic carbocycles. The second-order valence-corrected chi connectivity index (χ2v) is 5.35. The van der Waals surface area contributed by atoms with Crippen molar-refractivity contribution in [1.29, 1.82) is 0 Å². The lowest BCUT2D eigenvalue weighted by molar-refractivity contribution is -0.139. The van der Waals surface area contributed by atoms with Gasteiger partial charge in [0.05, 0.1) is 18.3 Å². The summed E-state index contributed by atoms with van der Waals surface area (Å²) >= 11 is 0. The summed E-state index contributed by atoms with van der Waals surface area (Å²) < 4.78 is 44.7. The number of benzene rings is 1. The van der Waals surface area contributed by atoms with E-state index < -0.39 is 30.6 Å². The number of hydrogen-bond acceptors (Lipinski definition) is 3. The highest BCUT2D eigenvalue weighted by atomic mass is 19.4. The van der Waals surface area contributed by atoms with Crippen molar-refractivity contribution >= 4 is 0 Å². The fourth-order valence-corrected chi connectivity index (χ4v) is 2.55. The van der Waals surface area contributed by atoms with Crippen molar-refractivity contribution in [3.05, 3.63) is 29.3 Å². The Hall–Kier alpha value is -1.27.